The highest BCUT2D eigenvalue weighted by Crippen LogP contribution is 2.32. The van der Waals surface area contributed by atoms with Crippen LogP contribution in [0, 0.1) is 0 Å². The molecule has 3 aromatic heterocycles. The summed E-state index contributed by atoms with van der Waals surface area (Å²) in [5.74, 6) is 1.10. The molecule has 1 unspecified atom stereocenters. The molecule has 51 heavy (non-hydrogen) atoms. The molecule has 10 nitrogen and oxygen atoms in total. The van der Waals surface area contributed by atoms with E-state index < -0.39 is 0 Å². The zero-order chi connectivity index (χ0) is 36.2. The van der Waals surface area contributed by atoms with E-state index in [1.54, 1.807) is 6.20 Å². The number of fused-ring (bicyclic) bond motifs is 1. The lowest BCUT2D eigenvalue weighted by molar-refractivity contribution is 0.112. The summed E-state index contributed by atoms with van der Waals surface area (Å²) in [6.45, 7) is 7.24. The predicted molar refractivity (Wildman–Crippen MR) is 205 cm³/mol. The minimum Gasteiger partial charge on any atom is -0.507 e. The number of nitrogens with one attached hydrogen (secondary N) is 1. The van der Waals surface area contributed by atoms with Crippen molar-refractivity contribution in [1.82, 2.24) is 29.7 Å². The average molecular weight is 686 g/mol. The highest BCUT2D eigenvalue weighted by Gasteiger charge is 2.20. The van der Waals surface area contributed by atoms with E-state index in [1.165, 1.54) is 43.0 Å². The molecule has 1 aliphatic carbocycles. The Bertz CT molecular complexity index is 2000. The number of phenols is 1. The Morgan fingerprint density at radius 2 is 1.78 bits per heavy atom. The number of aromatic nitrogens is 4. The molecule has 0 bridgehead atoms. The molecule has 1 fully saturated rings. The first-order valence-corrected chi connectivity index (χ1v) is 17.7. The third-order valence-electron chi connectivity index (χ3n) is 9.02. The standard InChI is InChI=1S/C31H35N7.C8H6O3.C2H6/c1-33-24-9-6-19-37(20-17-24)21-22-11-13-25(14-12-22)38-30(26-10-5-18-34-29(26)32)36-28-16-15-27(35-31(28)38)23-7-3-2-4-8-23;9-4-6-1-2-8(11)7(3-6)5-10;1-2/h3,5,7-8,10-16,18,24,33H,2,4,6,9,17,19-21H2,1H3,(H2,32,34);1-5,11H;1-2H3. The van der Waals surface area contributed by atoms with Crippen molar-refractivity contribution in [3.05, 3.63) is 114 Å². The molecule has 10 heteroatoms. The van der Waals surface area contributed by atoms with Crippen LogP contribution in [0.3, 0.4) is 0 Å². The van der Waals surface area contributed by atoms with Crippen LogP contribution < -0.4 is 11.1 Å². The van der Waals surface area contributed by atoms with Gasteiger partial charge in [0.2, 0.25) is 0 Å². The fourth-order valence-corrected chi connectivity index (χ4v) is 6.31. The first-order valence-electron chi connectivity index (χ1n) is 17.7. The summed E-state index contributed by atoms with van der Waals surface area (Å²) in [6, 6.07) is 21.5. The van der Waals surface area contributed by atoms with Gasteiger partial charge in [-0.1, -0.05) is 44.2 Å². The Balaban J connectivity index is 0.000000330. The average Bonchev–Trinajstić information content (AvgIpc) is 3.41. The number of likely N-dealkylation sites (tertiary alicyclic amines) is 1. The maximum absolute atomic E-state index is 10.2. The Morgan fingerprint density at radius 1 is 0.961 bits per heavy atom. The maximum Gasteiger partial charge on any atom is 0.165 e. The first kappa shape index (κ1) is 36.8. The van der Waals surface area contributed by atoms with Gasteiger partial charge in [0.25, 0.3) is 0 Å². The second-order valence-electron chi connectivity index (χ2n) is 12.3. The van der Waals surface area contributed by atoms with Crippen molar-refractivity contribution in [3.63, 3.8) is 0 Å². The fraction of sp³-hybridized carbons (Fsp3) is 0.293. The van der Waals surface area contributed by atoms with Gasteiger partial charge in [-0.25, -0.2) is 15.0 Å². The van der Waals surface area contributed by atoms with Crippen LogP contribution in [0.4, 0.5) is 5.82 Å². The number of nitrogens with two attached hydrogens (primary N) is 1. The van der Waals surface area contributed by atoms with Crippen molar-refractivity contribution in [2.45, 2.75) is 58.5 Å². The summed E-state index contributed by atoms with van der Waals surface area (Å²) in [6.07, 6.45) is 15.3. The van der Waals surface area contributed by atoms with Crippen LogP contribution in [-0.4, -0.2) is 68.3 Å². The lowest BCUT2D eigenvalue weighted by Gasteiger charge is -2.20. The topological polar surface area (TPSA) is 139 Å². The van der Waals surface area contributed by atoms with E-state index in [0.29, 0.717) is 30.0 Å². The number of aromatic hydroxyl groups is 1. The summed E-state index contributed by atoms with van der Waals surface area (Å²) in [5, 5.41) is 12.4. The molecule has 0 radical (unpaired) electrons. The van der Waals surface area contributed by atoms with Gasteiger partial charge in [-0.2, -0.15) is 0 Å². The van der Waals surface area contributed by atoms with Gasteiger partial charge < -0.3 is 16.2 Å². The maximum atomic E-state index is 10.2. The molecule has 4 N–H and O–H groups in total. The summed E-state index contributed by atoms with van der Waals surface area (Å²) >= 11 is 0. The number of carbonyl (C=O) groups is 2. The van der Waals surface area contributed by atoms with Crippen molar-refractivity contribution >= 4 is 35.1 Å². The van der Waals surface area contributed by atoms with Gasteiger partial charge >= 0.3 is 0 Å². The van der Waals surface area contributed by atoms with Crippen molar-refractivity contribution in [3.8, 4) is 22.8 Å². The Hall–Kier alpha value is -5.45. The van der Waals surface area contributed by atoms with E-state index in [4.69, 9.17) is 20.8 Å². The van der Waals surface area contributed by atoms with E-state index in [9.17, 15) is 9.59 Å². The van der Waals surface area contributed by atoms with Crippen molar-refractivity contribution in [2.24, 2.45) is 0 Å². The van der Waals surface area contributed by atoms with Gasteiger partial charge in [0.1, 0.15) is 23.4 Å². The molecule has 1 aliphatic heterocycles. The smallest absolute Gasteiger partial charge is 0.165 e. The van der Waals surface area contributed by atoms with E-state index in [2.05, 4.69) is 81.4 Å². The minimum atomic E-state index is -0.106. The fourth-order valence-electron chi connectivity index (χ4n) is 6.31. The molecule has 0 saturated carbocycles. The molecule has 1 saturated heterocycles. The third-order valence-corrected chi connectivity index (χ3v) is 9.02. The zero-order valence-corrected chi connectivity index (χ0v) is 29.6. The quantitative estimate of drug-likeness (QED) is 0.142. The lowest BCUT2D eigenvalue weighted by Crippen LogP contribution is -2.28. The van der Waals surface area contributed by atoms with Gasteiger partial charge in [-0.15, -0.1) is 0 Å². The molecule has 5 aromatic rings. The number of benzene rings is 2. The van der Waals surface area contributed by atoms with Crippen molar-refractivity contribution < 1.29 is 14.7 Å². The Labute approximate surface area is 299 Å². The number of nitrogens with zero attached hydrogens (tertiary/aromatic N) is 5. The SMILES string of the molecule is CC.CNC1CCCN(Cc2ccc(-n3c(-c4cccnc4N)nc4ccc(C5=CCCC=C5)nc43)cc2)CC1.O=Cc1ccc(O)c(C=O)c1. The number of pyridine rings is 2. The number of anilines is 1. The van der Waals surface area contributed by atoms with Crippen LogP contribution >= 0.6 is 0 Å². The molecule has 2 aliphatic rings. The largest absolute Gasteiger partial charge is 0.507 e. The summed E-state index contributed by atoms with van der Waals surface area (Å²) in [4.78, 5) is 37.4. The Morgan fingerprint density at radius 3 is 2.49 bits per heavy atom. The highest BCUT2D eigenvalue weighted by atomic mass is 16.3. The molecule has 7 rings (SSSR count). The molecule has 4 heterocycles. The van der Waals surface area contributed by atoms with Gasteiger partial charge in [0.05, 0.1) is 16.8 Å². The first-order chi connectivity index (χ1) is 25.0. The molecule has 2 aromatic carbocycles. The second-order valence-corrected chi connectivity index (χ2v) is 12.3. The van der Waals surface area contributed by atoms with Crippen molar-refractivity contribution in [2.75, 3.05) is 25.9 Å². The molecule has 1 atom stereocenters. The minimum absolute atomic E-state index is 0.106. The number of nitrogen functional groups attached to an aromatic ring is 1. The van der Waals surface area contributed by atoms with E-state index in [-0.39, 0.29) is 11.3 Å². The Kier molecular flexibility index (Phi) is 13.0. The van der Waals surface area contributed by atoms with Crippen LogP contribution in [0.1, 0.15) is 77.9 Å². The van der Waals surface area contributed by atoms with Gasteiger partial charge in [0.15, 0.2) is 17.8 Å². The van der Waals surface area contributed by atoms with E-state index in [0.717, 1.165) is 72.0 Å². The normalized spacial score (nSPS) is 15.8. The second kappa shape index (κ2) is 18.0. The predicted octanol–water partition coefficient (Wildman–Crippen LogP) is 7.42. The third kappa shape index (κ3) is 9.02. The number of imidazole rings is 1. The van der Waals surface area contributed by atoms with Crippen LogP contribution in [0.15, 0.2) is 91.2 Å². The number of aldehydes is 2. The molecular formula is C41H47N7O3. The zero-order valence-electron chi connectivity index (χ0n) is 29.6. The van der Waals surface area contributed by atoms with E-state index in [1.807, 2.05) is 26.0 Å². The van der Waals surface area contributed by atoms with Gasteiger partial charge in [0, 0.05) is 30.0 Å². The number of phenolic OH excluding ortho intramolecular Hbond substituents is 1. The van der Waals surface area contributed by atoms with Gasteiger partial charge in [-0.3, -0.25) is 19.1 Å². The molecular weight excluding hydrogens is 638 g/mol. The number of carbonyl (C=O) groups excluding carboxylic acids is 2. The van der Waals surface area contributed by atoms with Gasteiger partial charge in [-0.05, 0) is 118 Å². The summed E-state index contributed by atoms with van der Waals surface area (Å²) < 4.78 is 2.12. The summed E-state index contributed by atoms with van der Waals surface area (Å²) in [7, 11) is 2.08. The number of rotatable bonds is 8. The van der Waals surface area contributed by atoms with Crippen molar-refractivity contribution in [1.29, 1.82) is 0 Å². The number of allylic oxidation sites excluding steroid dienone is 4. The lowest BCUT2D eigenvalue weighted by atomic mass is 10.0. The number of hydrogen-bond acceptors (Lipinski definition) is 9. The van der Waals surface area contributed by atoms with E-state index >= 15 is 0 Å². The van der Waals surface area contributed by atoms with Crippen LogP contribution in [0.2, 0.25) is 0 Å². The number of hydrogen-bond donors (Lipinski definition) is 3. The summed E-state index contributed by atoms with van der Waals surface area (Å²) in [5.41, 5.74) is 13.7. The highest BCUT2D eigenvalue weighted by molar-refractivity contribution is 5.86. The molecule has 264 valence electrons. The molecule has 0 amide bonds. The van der Waals surface area contributed by atoms with Crippen LogP contribution in [0.5, 0.6) is 5.75 Å². The van der Waals surface area contributed by atoms with Crippen LogP contribution in [-0.2, 0) is 6.54 Å². The molecule has 0 spiro atoms. The van der Waals surface area contributed by atoms with Crippen LogP contribution in [0.25, 0.3) is 33.8 Å². The monoisotopic (exact) mass is 685 g/mol.